The molecule has 1 fully saturated rings. The monoisotopic (exact) mass is 308 g/mol. The predicted octanol–water partition coefficient (Wildman–Crippen LogP) is 4.75. The van der Waals surface area contributed by atoms with Crippen molar-refractivity contribution in [2.45, 2.75) is 43.4 Å². The van der Waals surface area contributed by atoms with E-state index < -0.39 is 0 Å². The molecule has 1 aliphatic carbocycles. The molecule has 1 heterocycles. The van der Waals surface area contributed by atoms with E-state index in [0.29, 0.717) is 5.92 Å². The SMILES string of the molecule is CC1C(Br)CCC1CC1CCOc2ccccc21. The van der Waals surface area contributed by atoms with E-state index in [4.69, 9.17) is 4.74 Å². The first-order valence-electron chi connectivity index (χ1n) is 7.11. The second kappa shape index (κ2) is 5.24. The highest BCUT2D eigenvalue weighted by Crippen LogP contribution is 2.44. The van der Waals surface area contributed by atoms with Crippen molar-refractivity contribution in [1.29, 1.82) is 0 Å². The third-order valence-corrected chi connectivity index (χ3v) is 6.09. The lowest BCUT2D eigenvalue weighted by atomic mass is 9.81. The molecule has 0 bridgehead atoms. The minimum Gasteiger partial charge on any atom is -0.493 e. The van der Waals surface area contributed by atoms with E-state index in [1.54, 1.807) is 0 Å². The quantitative estimate of drug-likeness (QED) is 0.716. The molecule has 2 heteroatoms. The largest absolute Gasteiger partial charge is 0.493 e. The van der Waals surface area contributed by atoms with Crippen LogP contribution in [-0.2, 0) is 0 Å². The van der Waals surface area contributed by atoms with Crippen LogP contribution >= 0.6 is 15.9 Å². The Morgan fingerprint density at radius 1 is 1.22 bits per heavy atom. The minimum absolute atomic E-state index is 0.709. The summed E-state index contributed by atoms with van der Waals surface area (Å²) in [4.78, 5) is 0.734. The van der Waals surface area contributed by atoms with E-state index in [-0.39, 0.29) is 0 Å². The Bertz CT molecular complexity index is 417. The van der Waals surface area contributed by atoms with Gasteiger partial charge in [-0.05, 0) is 55.1 Å². The fourth-order valence-electron chi connectivity index (χ4n) is 3.55. The van der Waals surface area contributed by atoms with Crippen LogP contribution in [0.1, 0.15) is 44.1 Å². The summed E-state index contributed by atoms with van der Waals surface area (Å²) in [5, 5.41) is 0. The number of rotatable bonds is 2. The van der Waals surface area contributed by atoms with Crippen molar-refractivity contribution in [3.8, 4) is 5.75 Å². The Hall–Kier alpha value is -0.500. The van der Waals surface area contributed by atoms with Crippen molar-refractivity contribution < 1.29 is 4.74 Å². The molecular weight excluding hydrogens is 288 g/mol. The Morgan fingerprint density at radius 3 is 2.83 bits per heavy atom. The summed E-state index contributed by atoms with van der Waals surface area (Å²) in [6, 6.07) is 8.59. The molecule has 0 saturated heterocycles. The molecule has 0 spiro atoms. The van der Waals surface area contributed by atoms with Crippen molar-refractivity contribution in [1.82, 2.24) is 0 Å². The third-order valence-electron chi connectivity index (χ3n) is 4.80. The molecule has 3 rings (SSSR count). The fraction of sp³-hybridized carbons (Fsp3) is 0.625. The number of fused-ring (bicyclic) bond motifs is 1. The topological polar surface area (TPSA) is 9.23 Å². The maximum atomic E-state index is 5.76. The third kappa shape index (κ3) is 2.32. The van der Waals surface area contributed by atoms with Gasteiger partial charge < -0.3 is 4.74 Å². The molecule has 0 amide bonds. The number of halogens is 1. The van der Waals surface area contributed by atoms with Crippen LogP contribution in [-0.4, -0.2) is 11.4 Å². The number of hydrogen-bond donors (Lipinski definition) is 0. The summed E-state index contributed by atoms with van der Waals surface area (Å²) in [7, 11) is 0. The summed E-state index contributed by atoms with van der Waals surface area (Å²) in [6.45, 7) is 3.29. The highest BCUT2D eigenvalue weighted by Gasteiger charge is 2.34. The lowest BCUT2D eigenvalue weighted by Gasteiger charge is -2.29. The van der Waals surface area contributed by atoms with E-state index in [9.17, 15) is 0 Å². The van der Waals surface area contributed by atoms with E-state index in [1.165, 1.54) is 31.2 Å². The van der Waals surface area contributed by atoms with Gasteiger partial charge in [-0.3, -0.25) is 0 Å². The summed E-state index contributed by atoms with van der Waals surface area (Å²) in [5.41, 5.74) is 1.44. The Kier molecular flexibility index (Phi) is 3.65. The van der Waals surface area contributed by atoms with Crippen LogP contribution in [0.15, 0.2) is 24.3 Å². The smallest absolute Gasteiger partial charge is 0.122 e. The second-order valence-corrected chi connectivity index (χ2v) is 7.00. The van der Waals surface area contributed by atoms with Crippen LogP contribution in [0.25, 0.3) is 0 Å². The molecule has 4 unspecified atom stereocenters. The van der Waals surface area contributed by atoms with Gasteiger partial charge in [0.25, 0.3) is 0 Å². The number of benzene rings is 1. The maximum absolute atomic E-state index is 5.76. The lowest BCUT2D eigenvalue weighted by molar-refractivity contribution is 0.243. The second-order valence-electron chi connectivity index (χ2n) is 5.82. The number of ether oxygens (including phenoxy) is 1. The summed E-state index contributed by atoms with van der Waals surface area (Å²) < 4.78 is 5.76. The Morgan fingerprint density at radius 2 is 2.06 bits per heavy atom. The molecule has 1 aliphatic heterocycles. The number of para-hydroxylation sites is 1. The van der Waals surface area contributed by atoms with Gasteiger partial charge in [0.2, 0.25) is 0 Å². The highest BCUT2D eigenvalue weighted by atomic mass is 79.9. The van der Waals surface area contributed by atoms with E-state index in [0.717, 1.165) is 29.0 Å². The van der Waals surface area contributed by atoms with Gasteiger partial charge in [-0.15, -0.1) is 0 Å². The molecule has 0 aromatic heterocycles. The normalized spacial score (nSPS) is 35.0. The number of hydrogen-bond acceptors (Lipinski definition) is 1. The molecule has 1 aromatic rings. The molecule has 1 saturated carbocycles. The standard InChI is InChI=1S/C16H21BrO/c1-11-12(6-7-15(11)17)10-13-8-9-18-16-5-3-2-4-14(13)16/h2-5,11-13,15H,6-10H2,1H3. The highest BCUT2D eigenvalue weighted by molar-refractivity contribution is 9.09. The van der Waals surface area contributed by atoms with Gasteiger partial charge in [-0.25, -0.2) is 0 Å². The molecule has 4 atom stereocenters. The van der Waals surface area contributed by atoms with Gasteiger partial charge in [-0.2, -0.15) is 0 Å². The summed E-state index contributed by atoms with van der Waals surface area (Å²) in [5.74, 6) is 3.53. The molecule has 2 aliphatic rings. The molecular formula is C16H21BrO. The lowest BCUT2D eigenvalue weighted by Crippen LogP contribution is -2.19. The van der Waals surface area contributed by atoms with Crippen molar-refractivity contribution in [3.05, 3.63) is 29.8 Å². The zero-order valence-electron chi connectivity index (χ0n) is 10.9. The van der Waals surface area contributed by atoms with E-state index in [1.807, 2.05) is 0 Å². The predicted molar refractivity (Wildman–Crippen MR) is 78.5 cm³/mol. The van der Waals surface area contributed by atoms with Crippen LogP contribution in [0.2, 0.25) is 0 Å². The van der Waals surface area contributed by atoms with Crippen LogP contribution in [0.3, 0.4) is 0 Å². The van der Waals surface area contributed by atoms with Crippen LogP contribution in [0.5, 0.6) is 5.75 Å². The first kappa shape index (κ1) is 12.5. The van der Waals surface area contributed by atoms with Gasteiger partial charge in [-0.1, -0.05) is 41.1 Å². The number of alkyl halides is 1. The molecule has 98 valence electrons. The first-order chi connectivity index (χ1) is 8.75. The van der Waals surface area contributed by atoms with Gasteiger partial charge in [0.05, 0.1) is 6.61 Å². The maximum Gasteiger partial charge on any atom is 0.122 e. The first-order valence-corrected chi connectivity index (χ1v) is 8.03. The van der Waals surface area contributed by atoms with E-state index in [2.05, 4.69) is 47.1 Å². The van der Waals surface area contributed by atoms with Crippen molar-refractivity contribution in [2.24, 2.45) is 11.8 Å². The molecule has 0 N–H and O–H groups in total. The Balaban J connectivity index is 1.75. The zero-order valence-corrected chi connectivity index (χ0v) is 12.5. The summed E-state index contributed by atoms with van der Waals surface area (Å²) in [6.07, 6.45) is 5.25. The molecule has 18 heavy (non-hydrogen) atoms. The zero-order chi connectivity index (χ0) is 12.5. The van der Waals surface area contributed by atoms with Crippen LogP contribution in [0, 0.1) is 11.8 Å². The van der Waals surface area contributed by atoms with Crippen LogP contribution < -0.4 is 4.74 Å². The van der Waals surface area contributed by atoms with E-state index >= 15 is 0 Å². The average molecular weight is 309 g/mol. The summed E-state index contributed by atoms with van der Waals surface area (Å²) >= 11 is 3.82. The molecule has 0 radical (unpaired) electrons. The molecule has 1 nitrogen and oxygen atoms in total. The fourth-order valence-corrected chi connectivity index (χ4v) is 4.25. The molecule has 1 aromatic carbocycles. The minimum atomic E-state index is 0.709. The van der Waals surface area contributed by atoms with Crippen molar-refractivity contribution in [3.63, 3.8) is 0 Å². The van der Waals surface area contributed by atoms with Gasteiger partial charge >= 0.3 is 0 Å². The van der Waals surface area contributed by atoms with Gasteiger partial charge in [0.1, 0.15) is 5.75 Å². The van der Waals surface area contributed by atoms with Crippen LogP contribution in [0.4, 0.5) is 0 Å². The van der Waals surface area contributed by atoms with Crippen molar-refractivity contribution in [2.75, 3.05) is 6.61 Å². The van der Waals surface area contributed by atoms with Gasteiger partial charge in [0, 0.05) is 4.83 Å². The van der Waals surface area contributed by atoms with Crippen molar-refractivity contribution >= 4 is 15.9 Å². The Labute approximate surface area is 118 Å². The van der Waals surface area contributed by atoms with Gasteiger partial charge in [0.15, 0.2) is 0 Å². The average Bonchev–Trinajstić information content (AvgIpc) is 2.71.